The van der Waals surface area contributed by atoms with Crippen molar-refractivity contribution in [1.82, 2.24) is 4.98 Å². The van der Waals surface area contributed by atoms with Gasteiger partial charge in [-0.05, 0) is 59.7 Å². The van der Waals surface area contributed by atoms with Gasteiger partial charge in [0.25, 0.3) is 0 Å². The van der Waals surface area contributed by atoms with E-state index in [1.54, 1.807) is 24.5 Å². The molecule has 4 heteroatoms. The third-order valence-corrected chi connectivity index (χ3v) is 3.34. The van der Waals surface area contributed by atoms with Crippen LogP contribution in [0.5, 0.6) is 5.75 Å². The van der Waals surface area contributed by atoms with Crippen molar-refractivity contribution in [3.63, 3.8) is 0 Å². The fraction of sp³-hybridized carbons (Fsp3) is 0. The van der Waals surface area contributed by atoms with Crippen molar-refractivity contribution >= 4 is 18.1 Å². The van der Waals surface area contributed by atoms with Crippen LogP contribution in [0.25, 0.3) is 12.2 Å². The number of aromatic nitrogens is 1. The topological polar surface area (TPSA) is 39.2 Å². The number of benzene rings is 2. The first-order chi connectivity index (χ1) is 11.7. The van der Waals surface area contributed by atoms with E-state index in [1.807, 2.05) is 36.4 Å². The fourth-order valence-electron chi connectivity index (χ4n) is 2.07. The number of hydrogen-bond acceptors (Lipinski definition) is 3. The Balaban J connectivity index is 1.65. The lowest BCUT2D eigenvalue weighted by atomic mass is 10.1. The summed E-state index contributed by atoms with van der Waals surface area (Å²) in [5.74, 6) is -0.475. The molecule has 24 heavy (non-hydrogen) atoms. The van der Waals surface area contributed by atoms with Gasteiger partial charge in [-0.2, -0.15) is 0 Å². The van der Waals surface area contributed by atoms with Gasteiger partial charge >= 0.3 is 5.97 Å². The van der Waals surface area contributed by atoms with Gasteiger partial charge in [0, 0.05) is 12.4 Å². The van der Waals surface area contributed by atoms with Crippen LogP contribution in [-0.2, 0) is 0 Å². The zero-order valence-corrected chi connectivity index (χ0v) is 12.7. The fourth-order valence-corrected chi connectivity index (χ4v) is 2.07. The van der Waals surface area contributed by atoms with Crippen molar-refractivity contribution in [3.8, 4) is 5.75 Å². The predicted molar refractivity (Wildman–Crippen MR) is 91.0 cm³/mol. The summed E-state index contributed by atoms with van der Waals surface area (Å²) < 4.78 is 18.1. The Labute approximate surface area is 139 Å². The number of hydrogen-bond donors (Lipinski definition) is 0. The number of esters is 1. The second-order valence-electron chi connectivity index (χ2n) is 5.08. The highest BCUT2D eigenvalue weighted by molar-refractivity contribution is 5.91. The minimum Gasteiger partial charge on any atom is -0.423 e. The molecule has 3 aromatic rings. The van der Waals surface area contributed by atoms with Gasteiger partial charge in [-0.1, -0.05) is 24.3 Å². The number of pyridine rings is 1. The Bertz CT molecular complexity index is 841. The van der Waals surface area contributed by atoms with Gasteiger partial charge in [0.15, 0.2) is 0 Å². The molecule has 0 fully saturated rings. The van der Waals surface area contributed by atoms with E-state index in [9.17, 15) is 9.18 Å². The third-order valence-electron chi connectivity index (χ3n) is 3.34. The molecule has 0 N–H and O–H groups in total. The summed E-state index contributed by atoms with van der Waals surface area (Å²) in [6.07, 6.45) is 7.40. The first-order valence-electron chi connectivity index (χ1n) is 7.37. The predicted octanol–water partition coefficient (Wildman–Crippen LogP) is 4.61. The molecule has 0 saturated heterocycles. The van der Waals surface area contributed by atoms with Crippen molar-refractivity contribution in [2.75, 3.05) is 0 Å². The monoisotopic (exact) mass is 319 g/mol. The zero-order valence-electron chi connectivity index (χ0n) is 12.7. The molecule has 0 bridgehead atoms. The highest BCUT2D eigenvalue weighted by atomic mass is 19.1. The molecule has 1 aromatic heterocycles. The number of carbonyl (C=O) groups excluding carboxylic acids is 1. The average molecular weight is 319 g/mol. The summed E-state index contributed by atoms with van der Waals surface area (Å²) >= 11 is 0. The molecule has 0 aliphatic carbocycles. The summed E-state index contributed by atoms with van der Waals surface area (Å²) in [7, 11) is 0. The molecular weight excluding hydrogens is 305 g/mol. The largest absolute Gasteiger partial charge is 0.423 e. The first kappa shape index (κ1) is 15.6. The van der Waals surface area contributed by atoms with Crippen LogP contribution in [0.1, 0.15) is 21.5 Å². The minimum absolute atomic E-state index is 0.304. The quantitative estimate of drug-likeness (QED) is 0.521. The van der Waals surface area contributed by atoms with Crippen molar-refractivity contribution in [3.05, 3.63) is 95.6 Å². The molecule has 3 rings (SSSR count). The molecule has 3 nitrogen and oxygen atoms in total. The lowest BCUT2D eigenvalue weighted by Gasteiger charge is -2.04. The first-order valence-corrected chi connectivity index (χ1v) is 7.37. The minimum atomic E-state index is -0.518. The van der Waals surface area contributed by atoms with Crippen LogP contribution in [0.4, 0.5) is 4.39 Å². The maximum Gasteiger partial charge on any atom is 0.343 e. The zero-order chi connectivity index (χ0) is 16.8. The van der Waals surface area contributed by atoms with Crippen LogP contribution in [0.3, 0.4) is 0 Å². The molecule has 1 heterocycles. The van der Waals surface area contributed by atoms with Gasteiger partial charge < -0.3 is 4.74 Å². The van der Waals surface area contributed by atoms with Crippen LogP contribution in [0.2, 0.25) is 0 Å². The number of ether oxygens (including phenoxy) is 1. The molecule has 0 unspecified atom stereocenters. The molecule has 0 radical (unpaired) electrons. The lowest BCUT2D eigenvalue weighted by Crippen LogP contribution is -2.08. The van der Waals surface area contributed by atoms with Gasteiger partial charge in [0.05, 0.1) is 5.56 Å². The summed E-state index contributed by atoms with van der Waals surface area (Å²) in [5.41, 5.74) is 2.34. The molecule has 2 aromatic carbocycles. The van der Waals surface area contributed by atoms with Crippen LogP contribution < -0.4 is 4.74 Å². The second kappa shape index (κ2) is 7.33. The molecule has 0 aliphatic heterocycles. The highest BCUT2D eigenvalue weighted by Gasteiger charge is 2.08. The normalized spacial score (nSPS) is 10.7. The van der Waals surface area contributed by atoms with E-state index in [-0.39, 0.29) is 0 Å². The van der Waals surface area contributed by atoms with Crippen LogP contribution in [0.15, 0.2) is 73.1 Å². The van der Waals surface area contributed by atoms with Crippen LogP contribution in [-0.4, -0.2) is 11.0 Å². The molecular formula is C20H14FNO2. The van der Waals surface area contributed by atoms with Gasteiger partial charge in [0.1, 0.15) is 11.6 Å². The van der Waals surface area contributed by atoms with E-state index in [1.165, 1.54) is 24.3 Å². The van der Waals surface area contributed by atoms with E-state index in [0.717, 1.165) is 11.1 Å². The number of carbonyl (C=O) groups is 1. The Hall–Kier alpha value is -3.27. The third kappa shape index (κ3) is 4.14. The molecule has 0 spiro atoms. The Morgan fingerprint density at radius 2 is 1.42 bits per heavy atom. The lowest BCUT2D eigenvalue weighted by molar-refractivity contribution is 0.0734. The molecule has 118 valence electrons. The van der Waals surface area contributed by atoms with Gasteiger partial charge in [0.2, 0.25) is 0 Å². The van der Waals surface area contributed by atoms with Gasteiger partial charge in [-0.15, -0.1) is 0 Å². The second-order valence-corrected chi connectivity index (χ2v) is 5.08. The van der Waals surface area contributed by atoms with E-state index in [2.05, 4.69) is 4.98 Å². The highest BCUT2D eigenvalue weighted by Crippen LogP contribution is 2.16. The SMILES string of the molecule is O=C(Oc1ccc(/C=C/c2ccncc2)cc1)c1ccc(F)cc1. The molecule has 0 amide bonds. The summed E-state index contributed by atoms with van der Waals surface area (Å²) in [5, 5.41) is 0. The van der Waals surface area contributed by atoms with Crippen molar-refractivity contribution in [2.24, 2.45) is 0 Å². The molecule has 0 saturated carbocycles. The molecule has 0 atom stereocenters. The van der Waals surface area contributed by atoms with Crippen molar-refractivity contribution < 1.29 is 13.9 Å². The maximum absolute atomic E-state index is 12.9. The van der Waals surface area contributed by atoms with Crippen molar-refractivity contribution in [1.29, 1.82) is 0 Å². The number of rotatable bonds is 4. The van der Waals surface area contributed by atoms with Crippen molar-refractivity contribution in [2.45, 2.75) is 0 Å². The van der Waals surface area contributed by atoms with E-state index in [4.69, 9.17) is 4.74 Å². The van der Waals surface area contributed by atoms with Gasteiger partial charge in [-0.3, -0.25) is 4.98 Å². The summed E-state index contributed by atoms with van der Waals surface area (Å²) in [6.45, 7) is 0. The van der Waals surface area contributed by atoms with Crippen LogP contribution >= 0.6 is 0 Å². The van der Waals surface area contributed by atoms with E-state index < -0.39 is 11.8 Å². The van der Waals surface area contributed by atoms with Crippen LogP contribution in [0, 0.1) is 5.82 Å². The van der Waals surface area contributed by atoms with Gasteiger partial charge in [-0.25, -0.2) is 9.18 Å². The number of nitrogens with zero attached hydrogens (tertiary/aromatic N) is 1. The Morgan fingerprint density at radius 3 is 2.04 bits per heavy atom. The number of halogens is 1. The molecule has 0 aliphatic rings. The standard InChI is InChI=1S/C20H14FNO2/c21-18-7-5-17(6-8-18)20(23)24-19-9-3-15(4-10-19)1-2-16-11-13-22-14-12-16/h1-14H/b2-1+. The Morgan fingerprint density at radius 1 is 0.833 bits per heavy atom. The average Bonchev–Trinajstić information content (AvgIpc) is 2.62. The maximum atomic E-state index is 12.9. The van der Waals surface area contributed by atoms with E-state index >= 15 is 0 Å². The van der Waals surface area contributed by atoms with E-state index in [0.29, 0.717) is 11.3 Å². The Kier molecular flexibility index (Phi) is 4.77. The summed E-state index contributed by atoms with van der Waals surface area (Å²) in [6, 6.07) is 16.2. The summed E-state index contributed by atoms with van der Waals surface area (Å²) in [4.78, 5) is 15.9. The smallest absolute Gasteiger partial charge is 0.343 e.